The van der Waals surface area contributed by atoms with E-state index in [0.29, 0.717) is 22.9 Å². The van der Waals surface area contributed by atoms with Gasteiger partial charge in [-0.05, 0) is 42.5 Å². The molecule has 29 heavy (non-hydrogen) atoms. The summed E-state index contributed by atoms with van der Waals surface area (Å²) in [7, 11) is 3.23. The third-order valence-electron chi connectivity index (χ3n) is 3.83. The lowest BCUT2D eigenvalue weighted by molar-refractivity contribution is 0.0963. The molecule has 0 atom stereocenters. The second-order valence-corrected chi connectivity index (χ2v) is 6.27. The molecule has 0 saturated heterocycles. The van der Waals surface area contributed by atoms with E-state index in [1.807, 2.05) is 0 Å². The molecule has 148 valence electrons. The third-order valence-corrected chi connectivity index (χ3v) is 4.10. The summed E-state index contributed by atoms with van der Waals surface area (Å²) in [5, 5.41) is 11.4. The summed E-state index contributed by atoms with van der Waals surface area (Å²) in [5.41, 5.74) is 8.71. The maximum Gasteiger partial charge on any atom is 0.251 e. The largest absolute Gasteiger partial charge is 0.375 e. The summed E-state index contributed by atoms with van der Waals surface area (Å²) in [4.78, 5) is 27.7. The molecule has 11 heteroatoms. The topological polar surface area (TPSA) is 137 Å². The molecule has 0 unspecified atom stereocenters. The molecule has 5 N–H and O–H groups in total. The standard InChI is InChI=1S/C18H19N9OS/c1-20-16(28)11-3-5-12(6-4-11)24-18-25-13(8-23-27(2)17(19)29)7-14(26-18)15-9-21-10-22-15/h3-10H,1-2H3,(H2,19,29)(H,20,28)(H,21,22)(H,24,25,26)/b23-8+. The smallest absolute Gasteiger partial charge is 0.251 e. The molecule has 2 aromatic heterocycles. The first-order valence-corrected chi connectivity index (χ1v) is 8.91. The van der Waals surface area contributed by atoms with Gasteiger partial charge >= 0.3 is 0 Å². The first kappa shape index (κ1) is 19.9. The van der Waals surface area contributed by atoms with E-state index >= 15 is 0 Å². The van der Waals surface area contributed by atoms with Crippen LogP contribution in [0.15, 0.2) is 48.0 Å². The van der Waals surface area contributed by atoms with E-state index in [1.165, 1.54) is 11.2 Å². The summed E-state index contributed by atoms with van der Waals surface area (Å²) in [6.07, 6.45) is 4.75. The Balaban J connectivity index is 1.90. The van der Waals surface area contributed by atoms with Crippen molar-refractivity contribution in [3.8, 4) is 11.4 Å². The Kier molecular flexibility index (Phi) is 6.09. The minimum absolute atomic E-state index is 0.138. The van der Waals surface area contributed by atoms with Crippen molar-refractivity contribution in [3.63, 3.8) is 0 Å². The van der Waals surface area contributed by atoms with Gasteiger partial charge in [0.05, 0.1) is 35.8 Å². The molecule has 0 aliphatic carbocycles. The Labute approximate surface area is 172 Å². The number of hydrazone groups is 1. The molecule has 0 fully saturated rings. The average molecular weight is 409 g/mol. The molecular weight excluding hydrogens is 390 g/mol. The van der Waals surface area contributed by atoms with Gasteiger partial charge in [0.25, 0.3) is 5.91 Å². The van der Waals surface area contributed by atoms with Gasteiger partial charge in [0, 0.05) is 25.3 Å². The first-order chi connectivity index (χ1) is 14.0. The minimum atomic E-state index is -0.158. The van der Waals surface area contributed by atoms with E-state index in [-0.39, 0.29) is 11.0 Å². The fourth-order valence-corrected chi connectivity index (χ4v) is 2.35. The van der Waals surface area contributed by atoms with Gasteiger partial charge in [-0.25, -0.2) is 20.0 Å². The summed E-state index contributed by atoms with van der Waals surface area (Å²) in [6, 6.07) is 8.71. The normalized spacial score (nSPS) is 10.7. The third kappa shape index (κ3) is 5.11. The lowest BCUT2D eigenvalue weighted by Gasteiger charge is -2.10. The number of H-pyrrole nitrogens is 1. The van der Waals surface area contributed by atoms with Gasteiger partial charge < -0.3 is 21.4 Å². The second kappa shape index (κ2) is 8.89. The SMILES string of the molecule is CNC(=O)c1ccc(Nc2nc(/C=N/N(C)C(N)=S)cc(-c3cnc[nH]3)n2)cc1. The molecule has 3 aromatic rings. The van der Waals surface area contributed by atoms with Crippen molar-refractivity contribution in [2.24, 2.45) is 10.8 Å². The number of benzene rings is 1. The van der Waals surface area contributed by atoms with Crippen LogP contribution < -0.4 is 16.4 Å². The van der Waals surface area contributed by atoms with Crippen molar-refractivity contribution in [3.05, 3.63) is 54.1 Å². The highest BCUT2D eigenvalue weighted by Crippen LogP contribution is 2.19. The Hall–Kier alpha value is -3.86. The van der Waals surface area contributed by atoms with E-state index in [0.717, 1.165) is 11.4 Å². The number of rotatable bonds is 6. The summed E-state index contributed by atoms with van der Waals surface area (Å²) >= 11 is 4.88. The van der Waals surface area contributed by atoms with E-state index in [1.54, 1.807) is 57.0 Å². The predicted molar refractivity (Wildman–Crippen MR) is 115 cm³/mol. The zero-order valence-electron chi connectivity index (χ0n) is 15.7. The van der Waals surface area contributed by atoms with Crippen LogP contribution >= 0.6 is 12.2 Å². The second-order valence-electron chi connectivity index (χ2n) is 5.85. The Morgan fingerprint density at radius 2 is 2.07 bits per heavy atom. The number of amides is 1. The highest BCUT2D eigenvalue weighted by atomic mass is 32.1. The average Bonchev–Trinajstić information content (AvgIpc) is 3.26. The van der Waals surface area contributed by atoms with Gasteiger partial charge in [-0.3, -0.25) is 4.79 Å². The summed E-state index contributed by atoms with van der Waals surface area (Å²) < 4.78 is 0. The van der Waals surface area contributed by atoms with E-state index in [2.05, 4.69) is 35.7 Å². The Morgan fingerprint density at radius 3 is 2.69 bits per heavy atom. The van der Waals surface area contributed by atoms with Crippen LogP contribution in [-0.4, -0.2) is 56.3 Å². The van der Waals surface area contributed by atoms with Crippen LogP contribution in [0, 0.1) is 0 Å². The quantitative estimate of drug-likeness (QED) is 0.273. The molecule has 1 aromatic carbocycles. The molecule has 1 amide bonds. The lowest BCUT2D eigenvalue weighted by Crippen LogP contribution is -2.27. The number of hydrogen-bond donors (Lipinski definition) is 4. The summed E-state index contributed by atoms with van der Waals surface area (Å²) in [6.45, 7) is 0. The molecule has 0 aliphatic heterocycles. The lowest BCUT2D eigenvalue weighted by atomic mass is 10.2. The monoisotopic (exact) mass is 409 g/mol. The molecule has 0 spiro atoms. The molecule has 0 bridgehead atoms. The highest BCUT2D eigenvalue weighted by molar-refractivity contribution is 7.80. The number of nitrogens with zero attached hydrogens (tertiary/aromatic N) is 5. The molecule has 3 rings (SSSR count). The number of imidazole rings is 1. The van der Waals surface area contributed by atoms with Gasteiger partial charge in [-0.15, -0.1) is 0 Å². The van der Waals surface area contributed by atoms with E-state index in [9.17, 15) is 4.79 Å². The fraction of sp³-hybridized carbons (Fsp3) is 0.111. The number of aromatic nitrogens is 4. The zero-order valence-corrected chi connectivity index (χ0v) is 16.6. The number of nitrogens with two attached hydrogens (primary N) is 1. The first-order valence-electron chi connectivity index (χ1n) is 8.50. The van der Waals surface area contributed by atoms with Crippen LogP contribution in [0.4, 0.5) is 11.6 Å². The van der Waals surface area contributed by atoms with E-state index < -0.39 is 0 Å². The van der Waals surface area contributed by atoms with Gasteiger partial charge in [-0.2, -0.15) is 5.10 Å². The molecule has 2 heterocycles. The fourth-order valence-electron chi connectivity index (χ4n) is 2.30. The minimum Gasteiger partial charge on any atom is -0.375 e. The van der Waals surface area contributed by atoms with Crippen LogP contribution in [0.3, 0.4) is 0 Å². The van der Waals surface area contributed by atoms with Crippen LogP contribution in [0.2, 0.25) is 0 Å². The van der Waals surface area contributed by atoms with Crippen molar-refractivity contribution in [2.45, 2.75) is 0 Å². The van der Waals surface area contributed by atoms with Crippen LogP contribution in [-0.2, 0) is 0 Å². The number of thiocarbonyl (C=S) groups is 1. The summed E-state index contributed by atoms with van der Waals surface area (Å²) in [5.74, 6) is 0.193. The number of carbonyl (C=O) groups excluding carboxylic acids is 1. The number of hydrogen-bond acceptors (Lipinski definition) is 7. The molecule has 0 aliphatic rings. The van der Waals surface area contributed by atoms with Crippen molar-refractivity contribution in [1.82, 2.24) is 30.3 Å². The zero-order chi connectivity index (χ0) is 20.8. The Morgan fingerprint density at radius 1 is 1.31 bits per heavy atom. The van der Waals surface area contributed by atoms with Crippen LogP contribution in [0.25, 0.3) is 11.4 Å². The Bertz CT molecular complexity index is 1030. The maximum atomic E-state index is 11.7. The highest BCUT2D eigenvalue weighted by Gasteiger charge is 2.09. The number of nitrogens with one attached hydrogen (secondary N) is 3. The van der Waals surface area contributed by atoms with Gasteiger partial charge in [-0.1, -0.05) is 0 Å². The molecular formula is C18H19N9OS. The molecule has 10 nitrogen and oxygen atoms in total. The number of aromatic amines is 1. The van der Waals surface area contributed by atoms with E-state index in [4.69, 9.17) is 18.0 Å². The van der Waals surface area contributed by atoms with Gasteiger partial charge in [0.2, 0.25) is 5.95 Å². The van der Waals surface area contributed by atoms with Gasteiger partial charge in [0.15, 0.2) is 5.11 Å². The van der Waals surface area contributed by atoms with Crippen LogP contribution in [0.1, 0.15) is 16.1 Å². The number of anilines is 2. The van der Waals surface area contributed by atoms with Crippen molar-refractivity contribution in [2.75, 3.05) is 19.4 Å². The van der Waals surface area contributed by atoms with Crippen molar-refractivity contribution in [1.29, 1.82) is 0 Å². The van der Waals surface area contributed by atoms with Crippen molar-refractivity contribution >= 4 is 41.1 Å². The molecule has 0 radical (unpaired) electrons. The molecule has 0 saturated carbocycles. The van der Waals surface area contributed by atoms with Gasteiger partial charge in [0.1, 0.15) is 0 Å². The maximum absolute atomic E-state index is 11.7. The van der Waals surface area contributed by atoms with Crippen LogP contribution in [0.5, 0.6) is 0 Å². The van der Waals surface area contributed by atoms with Crippen molar-refractivity contribution < 1.29 is 4.79 Å². The predicted octanol–water partition coefficient (Wildman–Crippen LogP) is 1.48. The number of carbonyl (C=O) groups is 1.